The van der Waals surface area contributed by atoms with Crippen molar-refractivity contribution < 1.29 is 4.79 Å². The third-order valence-electron chi connectivity index (χ3n) is 2.05. The lowest BCUT2D eigenvalue weighted by Gasteiger charge is -2.06. The molecule has 6 heteroatoms. The number of carbonyl (C=O) groups excluding carboxylic acids is 1. The molecule has 0 unspecified atom stereocenters. The Bertz CT molecular complexity index is 510. The maximum atomic E-state index is 11.6. The first kappa shape index (κ1) is 10.9. The normalized spacial score (nSPS) is 9.67. The van der Waals surface area contributed by atoms with Crippen LogP contribution in [0.1, 0.15) is 16.8 Å². The second kappa shape index (κ2) is 3.92. The maximum Gasteiger partial charge on any atom is 0.285 e. The Morgan fingerprint density at radius 2 is 2.20 bits per heavy atom. The van der Waals surface area contributed by atoms with E-state index in [2.05, 4.69) is 5.10 Å². The Morgan fingerprint density at radius 1 is 1.60 bits per heavy atom. The van der Waals surface area contributed by atoms with Crippen LogP contribution in [0.2, 0.25) is 0 Å². The highest BCUT2D eigenvalue weighted by molar-refractivity contribution is 5.73. The van der Waals surface area contributed by atoms with Crippen LogP contribution in [-0.2, 0) is 11.3 Å². The average Bonchev–Trinajstić information content (AvgIpc) is 2.14. The maximum absolute atomic E-state index is 11.6. The molecule has 2 N–H and O–H groups in total. The number of carbonyl (C=O) groups is 1. The smallest absolute Gasteiger partial charge is 0.285 e. The van der Waals surface area contributed by atoms with Gasteiger partial charge in [0.2, 0.25) is 5.91 Å². The summed E-state index contributed by atoms with van der Waals surface area (Å²) in [4.78, 5) is 22.2. The number of hydrogen-bond acceptors (Lipinski definition) is 4. The lowest BCUT2D eigenvalue weighted by molar-refractivity contribution is -0.118. The minimum Gasteiger partial charge on any atom is -0.368 e. The van der Waals surface area contributed by atoms with Gasteiger partial charge in [-0.2, -0.15) is 10.4 Å². The quantitative estimate of drug-likeness (QED) is 0.685. The zero-order valence-electron chi connectivity index (χ0n) is 8.44. The molecule has 0 bridgehead atoms. The van der Waals surface area contributed by atoms with Gasteiger partial charge < -0.3 is 5.73 Å². The summed E-state index contributed by atoms with van der Waals surface area (Å²) in [5.41, 5.74) is 5.44. The highest BCUT2D eigenvalue weighted by Crippen LogP contribution is 2.04. The molecule has 0 aliphatic carbocycles. The standard InChI is InChI=1S/C9H10N4O2/c1-5-6(2)12-13(4-8(11)14)9(15)7(5)3-10/h4H2,1-2H3,(H2,11,14). The molecule has 1 rings (SSSR count). The molecule has 15 heavy (non-hydrogen) atoms. The SMILES string of the molecule is Cc1nn(CC(N)=O)c(=O)c(C#N)c1C. The molecule has 1 aromatic heterocycles. The lowest BCUT2D eigenvalue weighted by Crippen LogP contribution is -2.32. The van der Waals surface area contributed by atoms with Crippen molar-refractivity contribution in [3.63, 3.8) is 0 Å². The molecule has 1 amide bonds. The third-order valence-corrected chi connectivity index (χ3v) is 2.05. The van der Waals surface area contributed by atoms with Gasteiger partial charge in [-0.25, -0.2) is 4.68 Å². The third kappa shape index (κ3) is 2.02. The molecule has 0 radical (unpaired) electrons. The molecule has 1 heterocycles. The van der Waals surface area contributed by atoms with Gasteiger partial charge in [0.05, 0.1) is 5.69 Å². The number of aromatic nitrogens is 2. The number of primary amides is 1. The number of aryl methyl sites for hydroxylation is 1. The molecule has 0 fully saturated rings. The number of nitrogens with two attached hydrogens (primary N) is 1. The van der Waals surface area contributed by atoms with E-state index in [0.29, 0.717) is 11.3 Å². The monoisotopic (exact) mass is 206 g/mol. The fraction of sp³-hybridized carbons (Fsp3) is 0.333. The average molecular weight is 206 g/mol. The summed E-state index contributed by atoms with van der Waals surface area (Å²) < 4.78 is 0.906. The van der Waals surface area contributed by atoms with Crippen molar-refractivity contribution in [2.24, 2.45) is 5.73 Å². The molecule has 6 nitrogen and oxygen atoms in total. The zero-order chi connectivity index (χ0) is 11.6. The summed E-state index contributed by atoms with van der Waals surface area (Å²) in [5.74, 6) is -0.670. The zero-order valence-corrected chi connectivity index (χ0v) is 8.44. The predicted octanol–water partition coefficient (Wildman–Crippen LogP) is -0.783. The highest BCUT2D eigenvalue weighted by Gasteiger charge is 2.12. The van der Waals surface area contributed by atoms with E-state index in [9.17, 15) is 9.59 Å². The molecule has 78 valence electrons. The molecule has 0 aliphatic heterocycles. The summed E-state index contributed by atoms with van der Waals surface area (Å²) >= 11 is 0. The van der Waals surface area contributed by atoms with Crippen molar-refractivity contribution in [2.45, 2.75) is 20.4 Å². The Balaban J connectivity index is 3.46. The minimum absolute atomic E-state index is 0.00347. The van der Waals surface area contributed by atoms with E-state index in [0.717, 1.165) is 4.68 Å². The molecule has 0 saturated heterocycles. The summed E-state index contributed by atoms with van der Waals surface area (Å²) in [7, 11) is 0. The van der Waals surface area contributed by atoms with Crippen LogP contribution in [0.5, 0.6) is 0 Å². The molecule has 0 atom stereocenters. The number of nitrogens with zero attached hydrogens (tertiary/aromatic N) is 3. The molecular weight excluding hydrogens is 196 g/mol. The van der Waals surface area contributed by atoms with Gasteiger partial charge in [-0.1, -0.05) is 0 Å². The van der Waals surface area contributed by atoms with Crippen LogP contribution < -0.4 is 11.3 Å². The van der Waals surface area contributed by atoms with Gasteiger partial charge in [-0.3, -0.25) is 9.59 Å². The summed E-state index contributed by atoms with van der Waals surface area (Å²) in [6, 6.07) is 1.79. The molecule has 0 saturated carbocycles. The van der Waals surface area contributed by atoms with E-state index in [1.807, 2.05) is 0 Å². The van der Waals surface area contributed by atoms with E-state index >= 15 is 0 Å². The van der Waals surface area contributed by atoms with Gasteiger partial charge in [-0.15, -0.1) is 0 Å². The van der Waals surface area contributed by atoms with Crippen LogP contribution in [0.15, 0.2) is 4.79 Å². The van der Waals surface area contributed by atoms with Crippen molar-refractivity contribution in [1.29, 1.82) is 5.26 Å². The van der Waals surface area contributed by atoms with Gasteiger partial charge in [-0.05, 0) is 19.4 Å². The van der Waals surface area contributed by atoms with E-state index < -0.39 is 11.5 Å². The Hall–Kier alpha value is -2.16. The highest BCUT2D eigenvalue weighted by atomic mass is 16.2. The Morgan fingerprint density at radius 3 is 2.67 bits per heavy atom. The first-order chi connectivity index (χ1) is 6.97. The molecule has 0 aromatic carbocycles. The van der Waals surface area contributed by atoms with E-state index in [-0.39, 0.29) is 12.1 Å². The molecule has 0 aliphatic rings. The summed E-state index contributed by atoms with van der Waals surface area (Å²) in [6.07, 6.45) is 0. The van der Waals surface area contributed by atoms with Gasteiger partial charge in [0.25, 0.3) is 5.56 Å². The fourth-order valence-corrected chi connectivity index (χ4v) is 1.16. The van der Waals surface area contributed by atoms with Gasteiger partial charge in [0, 0.05) is 0 Å². The van der Waals surface area contributed by atoms with Crippen LogP contribution >= 0.6 is 0 Å². The number of amides is 1. The number of hydrogen-bond donors (Lipinski definition) is 1. The second-order valence-electron chi connectivity index (χ2n) is 3.13. The minimum atomic E-state index is -0.670. The largest absolute Gasteiger partial charge is 0.368 e. The Kier molecular flexibility index (Phi) is 2.85. The van der Waals surface area contributed by atoms with Crippen LogP contribution in [0, 0.1) is 25.2 Å². The first-order valence-corrected chi connectivity index (χ1v) is 4.24. The van der Waals surface area contributed by atoms with Crippen LogP contribution in [0.3, 0.4) is 0 Å². The Labute approximate surface area is 85.9 Å². The van der Waals surface area contributed by atoms with Gasteiger partial charge >= 0.3 is 0 Å². The van der Waals surface area contributed by atoms with Gasteiger partial charge in [0.15, 0.2) is 0 Å². The van der Waals surface area contributed by atoms with E-state index in [1.54, 1.807) is 19.9 Å². The lowest BCUT2D eigenvalue weighted by atomic mass is 10.1. The van der Waals surface area contributed by atoms with Crippen molar-refractivity contribution in [3.8, 4) is 6.07 Å². The molecule has 1 aromatic rings. The van der Waals surface area contributed by atoms with Crippen molar-refractivity contribution in [1.82, 2.24) is 9.78 Å². The van der Waals surface area contributed by atoms with Crippen molar-refractivity contribution in [2.75, 3.05) is 0 Å². The van der Waals surface area contributed by atoms with E-state index in [4.69, 9.17) is 11.0 Å². The number of rotatable bonds is 2. The summed E-state index contributed by atoms with van der Waals surface area (Å²) in [6.45, 7) is 2.98. The molecule has 0 spiro atoms. The molecular formula is C9H10N4O2. The number of nitriles is 1. The fourth-order valence-electron chi connectivity index (χ4n) is 1.16. The van der Waals surface area contributed by atoms with Crippen molar-refractivity contribution in [3.05, 3.63) is 27.2 Å². The predicted molar refractivity (Wildman–Crippen MR) is 51.9 cm³/mol. The topological polar surface area (TPSA) is 102 Å². The van der Waals surface area contributed by atoms with E-state index in [1.165, 1.54) is 0 Å². The second-order valence-corrected chi connectivity index (χ2v) is 3.13. The van der Waals surface area contributed by atoms with Gasteiger partial charge in [0.1, 0.15) is 18.2 Å². The first-order valence-electron chi connectivity index (χ1n) is 4.24. The summed E-state index contributed by atoms with van der Waals surface area (Å²) in [5, 5.41) is 12.6. The van der Waals surface area contributed by atoms with Crippen LogP contribution in [-0.4, -0.2) is 15.7 Å². The van der Waals surface area contributed by atoms with Crippen molar-refractivity contribution >= 4 is 5.91 Å². The van der Waals surface area contributed by atoms with Crippen LogP contribution in [0.4, 0.5) is 0 Å². The van der Waals surface area contributed by atoms with Crippen LogP contribution in [0.25, 0.3) is 0 Å².